The van der Waals surface area contributed by atoms with Gasteiger partial charge in [-0.25, -0.2) is 9.59 Å². The second-order valence-electron chi connectivity index (χ2n) is 7.79. The average molecular weight is 406 g/mol. The van der Waals surface area contributed by atoms with Crippen LogP contribution in [0, 0.1) is 5.92 Å². The number of hydrogen-bond acceptors (Lipinski definition) is 7. The van der Waals surface area contributed by atoms with Gasteiger partial charge >= 0.3 is 11.7 Å². The summed E-state index contributed by atoms with van der Waals surface area (Å²) in [5.74, 6) is -1.62. The number of hydrogen-bond donors (Lipinski definition) is 4. The summed E-state index contributed by atoms with van der Waals surface area (Å²) >= 11 is 0. The van der Waals surface area contributed by atoms with Crippen LogP contribution in [0.5, 0.6) is 11.5 Å². The first-order valence-electron chi connectivity index (χ1n) is 9.22. The Kier molecular flexibility index (Phi) is 6.41. The number of ether oxygens (including phenoxy) is 1. The molecule has 0 saturated heterocycles. The Morgan fingerprint density at radius 1 is 1.24 bits per heavy atom. The molecule has 2 atom stereocenters. The molecule has 0 radical (unpaired) electrons. The number of carbonyl (C=O) groups excluding carboxylic acids is 2. The molecule has 0 unspecified atom stereocenters. The molecule has 2 rings (SSSR count). The number of phenols is 1. The largest absolute Gasteiger partial charge is 0.508 e. The molecule has 158 valence electrons. The molecule has 2 amide bonds. The molecule has 29 heavy (non-hydrogen) atoms. The van der Waals surface area contributed by atoms with Crippen LogP contribution < -0.4 is 16.3 Å². The van der Waals surface area contributed by atoms with Crippen LogP contribution in [0.3, 0.4) is 0 Å². The van der Waals surface area contributed by atoms with E-state index in [4.69, 9.17) is 9.15 Å². The second-order valence-corrected chi connectivity index (χ2v) is 7.79. The van der Waals surface area contributed by atoms with Gasteiger partial charge in [0.05, 0.1) is 5.39 Å². The van der Waals surface area contributed by atoms with E-state index in [0.29, 0.717) is 6.42 Å². The van der Waals surface area contributed by atoms with Gasteiger partial charge in [-0.05, 0) is 38.8 Å². The molecule has 0 saturated carbocycles. The summed E-state index contributed by atoms with van der Waals surface area (Å²) in [4.78, 5) is 37.2. The molecule has 0 fully saturated rings. The highest BCUT2D eigenvalue weighted by molar-refractivity contribution is 6.00. The summed E-state index contributed by atoms with van der Waals surface area (Å²) in [6.45, 7) is 8.69. The number of anilines is 1. The first-order valence-corrected chi connectivity index (χ1v) is 9.22. The normalized spacial score (nSPS) is 13.6. The van der Waals surface area contributed by atoms with Crippen LogP contribution in [0.2, 0.25) is 0 Å². The predicted octanol–water partition coefficient (Wildman–Crippen LogP) is 3.08. The summed E-state index contributed by atoms with van der Waals surface area (Å²) < 4.78 is 10.3. The number of nitrogens with one attached hydrogen (secondary N) is 2. The highest BCUT2D eigenvalue weighted by Gasteiger charge is 2.30. The zero-order valence-electron chi connectivity index (χ0n) is 17.0. The SMILES string of the molecule is CC[C@H](C)[C@H](NC(=O)OC(C)(C)C)C(=O)Nc1c(O)c2ccc(O)cc2oc1=O. The maximum Gasteiger partial charge on any atom is 0.408 e. The van der Waals surface area contributed by atoms with E-state index in [0.717, 1.165) is 0 Å². The Labute approximate surface area is 167 Å². The van der Waals surface area contributed by atoms with Crippen molar-refractivity contribution in [2.24, 2.45) is 5.92 Å². The van der Waals surface area contributed by atoms with Gasteiger partial charge in [-0.15, -0.1) is 0 Å². The third-order valence-corrected chi connectivity index (χ3v) is 4.28. The van der Waals surface area contributed by atoms with Gasteiger partial charge in [-0.1, -0.05) is 20.3 Å². The van der Waals surface area contributed by atoms with Gasteiger partial charge in [-0.3, -0.25) is 4.79 Å². The van der Waals surface area contributed by atoms with Gasteiger partial charge in [0.1, 0.15) is 23.0 Å². The Morgan fingerprint density at radius 2 is 1.90 bits per heavy atom. The van der Waals surface area contributed by atoms with Crippen molar-refractivity contribution in [1.29, 1.82) is 0 Å². The van der Waals surface area contributed by atoms with E-state index in [1.165, 1.54) is 18.2 Å². The molecule has 9 nitrogen and oxygen atoms in total. The maximum atomic E-state index is 12.8. The third kappa shape index (κ3) is 5.40. The van der Waals surface area contributed by atoms with Crippen LogP contribution in [0.15, 0.2) is 27.4 Å². The minimum atomic E-state index is -1.01. The molecule has 0 spiro atoms. The molecule has 1 heterocycles. The number of fused-ring (bicyclic) bond motifs is 1. The summed E-state index contributed by atoms with van der Waals surface area (Å²) in [7, 11) is 0. The molecule has 0 aliphatic carbocycles. The highest BCUT2D eigenvalue weighted by Crippen LogP contribution is 2.31. The fourth-order valence-corrected chi connectivity index (χ4v) is 2.62. The van der Waals surface area contributed by atoms with Crippen LogP contribution in [0.4, 0.5) is 10.5 Å². The lowest BCUT2D eigenvalue weighted by Gasteiger charge is -2.26. The summed E-state index contributed by atoms with van der Waals surface area (Å²) in [6, 6.07) is 2.82. The summed E-state index contributed by atoms with van der Waals surface area (Å²) in [5, 5.41) is 24.9. The minimum Gasteiger partial charge on any atom is -0.508 e. The van der Waals surface area contributed by atoms with E-state index in [9.17, 15) is 24.6 Å². The van der Waals surface area contributed by atoms with Crippen LogP contribution in [0.1, 0.15) is 41.0 Å². The van der Waals surface area contributed by atoms with Gasteiger partial charge in [0, 0.05) is 6.07 Å². The fourth-order valence-electron chi connectivity index (χ4n) is 2.62. The molecule has 0 bridgehead atoms. The molecule has 4 N–H and O–H groups in total. The Morgan fingerprint density at radius 3 is 2.48 bits per heavy atom. The minimum absolute atomic E-state index is 0.0316. The van der Waals surface area contributed by atoms with Gasteiger partial charge < -0.3 is 30.0 Å². The molecule has 0 aliphatic rings. The van der Waals surface area contributed by atoms with Crippen molar-refractivity contribution in [1.82, 2.24) is 5.32 Å². The van der Waals surface area contributed by atoms with Crippen molar-refractivity contribution in [3.8, 4) is 11.5 Å². The topological polar surface area (TPSA) is 138 Å². The first kappa shape index (κ1) is 22.1. The number of amides is 2. The monoisotopic (exact) mass is 406 g/mol. The smallest absolute Gasteiger partial charge is 0.408 e. The molecule has 2 aromatic rings. The van der Waals surface area contributed by atoms with Crippen molar-refractivity contribution in [2.75, 3.05) is 5.32 Å². The van der Waals surface area contributed by atoms with Gasteiger partial charge in [0.25, 0.3) is 0 Å². The molecular weight excluding hydrogens is 380 g/mol. The number of alkyl carbamates (subject to hydrolysis) is 1. The van der Waals surface area contributed by atoms with Crippen molar-refractivity contribution < 1.29 is 29.0 Å². The van der Waals surface area contributed by atoms with Crippen LogP contribution in [-0.4, -0.2) is 33.9 Å². The summed E-state index contributed by atoms with van der Waals surface area (Å²) in [6.07, 6.45) is -0.214. The Balaban J connectivity index is 2.32. The van der Waals surface area contributed by atoms with E-state index in [1.807, 2.05) is 6.92 Å². The van der Waals surface area contributed by atoms with E-state index < -0.39 is 40.7 Å². The number of rotatable bonds is 5. The maximum absolute atomic E-state index is 12.8. The van der Waals surface area contributed by atoms with Gasteiger partial charge in [0.15, 0.2) is 11.4 Å². The van der Waals surface area contributed by atoms with Crippen molar-refractivity contribution in [2.45, 2.75) is 52.7 Å². The van der Waals surface area contributed by atoms with Crippen molar-refractivity contribution in [3.63, 3.8) is 0 Å². The van der Waals surface area contributed by atoms with Crippen molar-refractivity contribution in [3.05, 3.63) is 28.6 Å². The number of phenolic OH excluding ortho intramolecular Hbond substituents is 1. The van der Waals surface area contributed by atoms with Crippen LogP contribution in [0.25, 0.3) is 11.0 Å². The Hall–Kier alpha value is -3.23. The third-order valence-electron chi connectivity index (χ3n) is 4.28. The van der Waals surface area contributed by atoms with Crippen LogP contribution in [-0.2, 0) is 9.53 Å². The molecule has 9 heteroatoms. The molecule has 1 aromatic heterocycles. The standard InChI is InChI=1S/C20H26N2O7/c1-6-10(2)14(22-19(27)29-20(3,4)5)17(25)21-15-16(24)12-8-7-11(23)9-13(12)28-18(15)26/h7-10,14,23-24H,6H2,1-5H3,(H,21,25)(H,22,27)/t10-,14-/m0/s1. The van der Waals surface area contributed by atoms with E-state index >= 15 is 0 Å². The lowest BCUT2D eigenvalue weighted by molar-refractivity contribution is -0.119. The van der Waals surface area contributed by atoms with Crippen molar-refractivity contribution >= 4 is 28.7 Å². The van der Waals surface area contributed by atoms with E-state index in [1.54, 1.807) is 27.7 Å². The number of benzene rings is 1. The quantitative estimate of drug-likeness (QED) is 0.560. The zero-order chi connectivity index (χ0) is 21.9. The van der Waals surface area contributed by atoms with Gasteiger partial charge in [-0.2, -0.15) is 0 Å². The number of aromatic hydroxyl groups is 2. The van der Waals surface area contributed by atoms with E-state index in [-0.39, 0.29) is 22.6 Å². The lowest BCUT2D eigenvalue weighted by atomic mass is 9.98. The highest BCUT2D eigenvalue weighted by atomic mass is 16.6. The fraction of sp³-hybridized carbons (Fsp3) is 0.450. The lowest BCUT2D eigenvalue weighted by Crippen LogP contribution is -2.49. The summed E-state index contributed by atoms with van der Waals surface area (Å²) in [5.41, 5.74) is -2.22. The average Bonchev–Trinajstić information content (AvgIpc) is 2.60. The van der Waals surface area contributed by atoms with Crippen LogP contribution >= 0.6 is 0 Å². The predicted molar refractivity (Wildman–Crippen MR) is 107 cm³/mol. The Bertz CT molecular complexity index is 975. The number of carbonyl (C=O) groups is 2. The van der Waals surface area contributed by atoms with E-state index in [2.05, 4.69) is 10.6 Å². The molecule has 1 aromatic carbocycles. The first-order chi connectivity index (χ1) is 13.4. The second kappa shape index (κ2) is 8.42. The molecule has 0 aliphatic heterocycles. The molecular formula is C20H26N2O7. The van der Waals surface area contributed by atoms with Gasteiger partial charge in [0.2, 0.25) is 5.91 Å². The zero-order valence-corrected chi connectivity index (χ0v) is 17.0.